The molecule has 166 valence electrons. The van der Waals surface area contributed by atoms with Crippen LogP contribution in [0.2, 0.25) is 0 Å². The lowest BCUT2D eigenvalue weighted by molar-refractivity contribution is -0.384. The van der Waals surface area contributed by atoms with Crippen LogP contribution < -0.4 is 5.32 Å². The zero-order valence-corrected chi connectivity index (χ0v) is 19.2. The number of fused-ring (bicyclic) bond motifs is 4. The Morgan fingerprint density at radius 1 is 1.24 bits per heavy atom. The number of hydrogen-bond acceptors (Lipinski definition) is 9. The van der Waals surface area contributed by atoms with Crippen molar-refractivity contribution in [1.29, 1.82) is 0 Å². The van der Waals surface area contributed by atoms with E-state index in [4.69, 9.17) is 0 Å². The average Bonchev–Trinajstić information content (AvgIpc) is 3.35. The average molecular weight is 480 g/mol. The van der Waals surface area contributed by atoms with Crippen LogP contribution in [0.4, 0.5) is 10.8 Å². The van der Waals surface area contributed by atoms with E-state index < -0.39 is 10.2 Å². The molecule has 0 aliphatic rings. The molecule has 1 atom stereocenters. The van der Waals surface area contributed by atoms with Gasteiger partial charge in [-0.1, -0.05) is 48.2 Å². The lowest BCUT2D eigenvalue weighted by Crippen LogP contribution is -2.24. The fourth-order valence-corrected chi connectivity index (χ4v) is 5.27. The van der Waals surface area contributed by atoms with Crippen molar-refractivity contribution in [3.05, 3.63) is 52.6 Å². The van der Waals surface area contributed by atoms with E-state index in [1.165, 1.54) is 35.2 Å². The zero-order chi connectivity index (χ0) is 23.1. The number of aromatic nitrogens is 5. The molecule has 1 N–H and O–H groups in total. The number of aryl methyl sites for hydroxylation is 1. The number of non-ortho nitro benzene ring substituents is 1. The molecule has 33 heavy (non-hydrogen) atoms. The number of carbonyl (C=O) groups is 1. The molecule has 0 radical (unpaired) electrons. The summed E-state index contributed by atoms with van der Waals surface area (Å²) in [6.07, 6.45) is 0.545. The van der Waals surface area contributed by atoms with Crippen molar-refractivity contribution < 1.29 is 9.72 Å². The summed E-state index contributed by atoms with van der Waals surface area (Å²) in [7, 11) is 1.93. The molecule has 0 saturated heterocycles. The van der Waals surface area contributed by atoms with E-state index >= 15 is 0 Å². The third-order valence-corrected chi connectivity index (χ3v) is 7.36. The number of amides is 1. The van der Waals surface area contributed by atoms with Gasteiger partial charge >= 0.3 is 0 Å². The van der Waals surface area contributed by atoms with Gasteiger partial charge < -0.3 is 9.88 Å². The highest BCUT2D eigenvalue weighted by atomic mass is 32.2. The summed E-state index contributed by atoms with van der Waals surface area (Å²) < 4.78 is 2.60. The number of nitro groups is 1. The third kappa shape index (κ3) is 3.87. The van der Waals surface area contributed by atoms with Crippen LogP contribution in [0, 0.1) is 10.1 Å². The number of nitrogens with zero attached hydrogens (tertiary/aromatic N) is 6. The van der Waals surface area contributed by atoms with Gasteiger partial charge in [-0.15, -0.1) is 10.2 Å². The Morgan fingerprint density at radius 2 is 2.06 bits per heavy atom. The van der Waals surface area contributed by atoms with Crippen LogP contribution in [-0.2, 0) is 11.8 Å². The molecule has 3 heterocycles. The molecule has 12 heteroatoms. The maximum Gasteiger partial charge on any atom is 0.270 e. The first-order valence-electron chi connectivity index (χ1n) is 10.0. The minimum absolute atomic E-state index is 0.0145. The van der Waals surface area contributed by atoms with Crippen molar-refractivity contribution >= 4 is 72.1 Å². The van der Waals surface area contributed by atoms with Crippen molar-refractivity contribution in [3.63, 3.8) is 0 Å². The van der Waals surface area contributed by atoms with Crippen LogP contribution in [0.15, 0.2) is 47.6 Å². The van der Waals surface area contributed by atoms with Crippen LogP contribution >= 0.6 is 23.1 Å². The molecule has 1 amide bonds. The first kappa shape index (κ1) is 21.2. The first-order chi connectivity index (χ1) is 15.9. The third-order valence-electron chi connectivity index (χ3n) is 5.21. The molecule has 10 nitrogen and oxygen atoms in total. The van der Waals surface area contributed by atoms with Gasteiger partial charge in [0.05, 0.1) is 25.9 Å². The normalized spacial score (nSPS) is 12.4. The topological polar surface area (TPSA) is 129 Å². The molecule has 3 aromatic heterocycles. The Morgan fingerprint density at radius 3 is 2.85 bits per heavy atom. The van der Waals surface area contributed by atoms with Crippen LogP contribution in [0.3, 0.4) is 0 Å². The van der Waals surface area contributed by atoms with Crippen molar-refractivity contribution in [2.45, 2.75) is 23.8 Å². The molecule has 5 aromatic rings. The number of para-hydroxylation sites is 1. The quantitative estimate of drug-likeness (QED) is 0.213. The van der Waals surface area contributed by atoms with Crippen molar-refractivity contribution in [2.75, 3.05) is 5.32 Å². The molecule has 5 rings (SSSR count). The predicted octanol–water partition coefficient (Wildman–Crippen LogP) is 4.54. The Labute approximate surface area is 195 Å². The molecular weight excluding hydrogens is 462 g/mol. The first-order valence-corrected chi connectivity index (χ1v) is 11.7. The highest BCUT2D eigenvalue weighted by Crippen LogP contribution is 2.31. The number of nitrogens with one attached hydrogen (secondary N) is 1. The number of thioether (sulfide) groups is 1. The Bertz CT molecular complexity index is 1550. The van der Waals surface area contributed by atoms with E-state index in [1.54, 1.807) is 6.07 Å². The van der Waals surface area contributed by atoms with E-state index in [9.17, 15) is 14.9 Å². The van der Waals surface area contributed by atoms with Gasteiger partial charge in [-0.3, -0.25) is 14.9 Å². The Kier molecular flexibility index (Phi) is 5.38. The van der Waals surface area contributed by atoms with Gasteiger partial charge in [0.25, 0.3) is 5.69 Å². The summed E-state index contributed by atoms with van der Waals surface area (Å²) in [5.74, 6) is -0.239. The summed E-state index contributed by atoms with van der Waals surface area (Å²) in [4.78, 5) is 32.5. The van der Waals surface area contributed by atoms with E-state index in [0.29, 0.717) is 32.6 Å². The lowest BCUT2D eigenvalue weighted by Gasteiger charge is -2.12. The minimum Gasteiger partial charge on any atom is -0.327 e. The molecule has 0 saturated carbocycles. The number of benzene rings is 2. The van der Waals surface area contributed by atoms with Gasteiger partial charge in [-0.2, -0.15) is 0 Å². The molecule has 0 aliphatic heterocycles. The second-order valence-electron chi connectivity index (χ2n) is 7.27. The number of nitro benzene ring substituents is 1. The maximum absolute atomic E-state index is 12.9. The fraction of sp³-hybridized carbons (Fsp3) is 0.190. The Balaban J connectivity index is 1.37. The van der Waals surface area contributed by atoms with Crippen molar-refractivity contribution in [3.8, 4) is 0 Å². The standard InChI is InChI=1S/C21H17N7O3S2/c1-3-15(19(29)24-20-22-13-9-8-11(28(30)31)10-16(13)33-20)32-21-23-18-17(25-26-21)12-6-4-5-7-14(12)27(18)2/h4-10,15H,3H2,1-2H3,(H,22,24,29)/t15-/m0/s1. The van der Waals surface area contributed by atoms with Gasteiger partial charge in [-0.25, -0.2) is 9.97 Å². The number of thiazole rings is 1. The second kappa shape index (κ2) is 8.37. The zero-order valence-electron chi connectivity index (χ0n) is 17.6. The van der Waals surface area contributed by atoms with Crippen molar-refractivity contribution in [1.82, 2.24) is 24.7 Å². The summed E-state index contributed by atoms with van der Waals surface area (Å²) in [5.41, 5.74) is 3.02. The molecule has 0 fully saturated rings. The van der Waals surface area contributed by atoms with E-state index in [-0.39, 0.29) is 11.6 Å². The van der Waals surface area contributed by atoms with Gasteiger partial charge in [0.2, 0.25) is 11.1 Å². The highest BCUT2D eigenvalue weighted by Gasteiger charge is 2.22. The van der Waals surface area contributed by atoms with Crippen LogP contribution in [0.25, 0.3) is 32.3 Å². The largest absolute Gasteiger partial charge is 0.327 e. The predicted molar refractivity (Wildman–Crippen MR) is 129 cm³/mol. The summed E-state index contributed by atoms with van der Waals surface area (Å²) >= 11 is 2.43. The molecular formula is C21H17N7O3S2. The van der Waals surface area contributed by atoms with E-state index in [2.05, 4.69) is 25.5 Å². The monoisotopic (exact) mass is 479 g/mol. The molecule has 0 spiro atoms. The van der Waals surface area contributed by atoms with Gasteiger partial charge in [-0.05, 0) is 18.6 Å². The van der Waals surface area contributed by atoms with Gasteiger partial charge in [0.1, 0.15) is 5.52 Å². The molecule has 0 aliphatic carbocycles. The van der Waals surface area contributed by atoms with E-state index in [0.717, 1.165) is 16.4 Å². The van der Waals surface area contributed by atoms with Gasteiger partial charge in [0.15, 0.2) is 10.8 Å². The molecule has 0 bridgehead atoms. The SMILES string of the molecule is CC[C@H](Sc1nnc2c3ccccc3n(C)c2n1)C(=O)Nc1nc2ccc([N+](=O)[O-])cc2s1. The summed E-state index contributed by atoms with van der Waals surface area (Å²) in [6.45, 7) is 1.90. The van der Waals surface area contributed by atoms with Crippen LogP contribution in [0.1, 0.15) is 13.3 Å². The number of hydrogen-bond donors (Lipinski definition) is 1. The number of carbonyl (C=O) groups excluding carboxylic acids is 1. The highest BCUT2D eigenvalue weighted by molar-refractivity contribution is 8.00. The fourth-order valence-electron chi connectivity index (χ4n) is 3.56. The summed E-state index contributed by atoms with van der Waals surface area (Å²) in [5, 5.41) is 23.7. The van der Waals surface area contributed by atoms with E-state index in [1.807, 2.05) is 42.8 Å². The molecule has 0 unspecified atom stereocenters. The maximum atomic E-state index is 12.9. The smallest absolute Gasteiger partial charge is 0.270 e. The Hall–Kier alpha value is -3.64. The number of anilines is 1. The molecule has 2 aromatic carbocycles. The van der Waals surface area contributed by atoms with Crippen LogP contribution in [0.5, 0.6) is 0 Å². The van der Waals surface area contributed by atoms with Crippen molar-refractivity contribution in [2.24, 2.45) is 7.05 Å². The second-order valence-corrected chi connectivity index (χ2v) is 9.48. The van der Waals surface area contributed by atoms with Gasteiger partial charge in [0, 0.05) is 24.6 Å². The minimum atomic E-state index is -0.458. The summed E-state index contributed by atoms with van der Waals surface area (Å²) in [6, 6.07) is 12.3. The number of rotatable bonds is 6. The van der Waals surface area contributed by atoms with Crippen LogP contribution in [-0.4, -0.2) is 40.8 Å². The lowest BCUT2D eigenvalue weighted by atomic mass is 10.2.